The van der Waals surface area contributed by atoms with Gasteiger partial charge in [0.2, 0.25) is 21.8 Å². The molecule has 1 aliphatic rings. The average molecular weight is 413 g/mol. The quantitative estimate of drug-likeness (QED) is 0.624. The number of rotatable bonds is 8. The van der Waals surface area contributed by atoms with Gasteiger partial charge in [0.25, 0.3) is 0 Å². The second kappa shape index (κ2) is 9.85. The fourth-order valence-corrected chi connectivity index (χ4v) is 4.17. The number of carbonyl (C=O) groups is 2. The van der Waals surface area contributed by atoms with Crippen molar-refractivity contribution in [1.82, 2.24) is 19.4 Å². The lowest BCUT2D eigenvalue weighted by Crippen LogP contribution is -2.51. The van der Waals surface area contributed by atoms with Gasteiger partial charge in [-0.15, -0.1) is 0 Å². The Kier molecular flexibility index (Phi) is 7.78. The van der Waals surface area contributed by atoms with E-state index in [9.17, 15) is 18.0 Å². The molecule has 1 aromatic carbocycles. The van der Waals surface area contributed by atoms with Crippen LogP contribution in [-0.4, -0.2) is 94.3 Å². The van der Waals surface area contributed by atoms with Crippen LogP contribution < -0.4 is 10.1 Å². The van der Waals surface area contributed by atoms with Crippen LogP contribution in [0, 0.1) is 0 Å². The third-order valence-electron chi connectivity index (χ3n) is 4.41. The van der Waals surface area contributed by atoms with Crippen molar-refractivity contribution in [3.8, 4) is 5.75 Å². The van der Waals surface area contributed by atoms with E-state index in [1.807, 2.05) is 11.8 Å². The maximum atomic E-state index is 12.8. The van der Waals surface area contributed by atoms with E-state index in [0.717, 1.165) is 0 Å². The first-order chi connectivity index (χ1) is 13.2. The highest BCUT2D eigenvalue weighted by Gasteiger charge is 2.29. The van der Waals surface area contributed by atoms with Gasteiger partial charge in [-0.3, -0.25) is 14.5 Å². The molecule has 2 rings (SSSR count). The summed E-state index contributed by atoms with van der Waals surface area (Å²) in [6.07, 6.45) is 0. The molecule has 28 heavy (non-hydrogen) atoms. The lowest BCUT2D eigenvalue weighted by Gasteiger charge is -2.33. The maximum Gasteiger partial charge on any atom is 0.243 e. The maximum absolute atomic E-state index is 12.8. The molecular weight excluding hydrogens is 384 g/mol. The van der Waals surface area contributed by atoms with Crippen molar-refractivity contribution in [3.05, 3.63) is 24.3 Å². The predicted octanol–water partition coefficient (Wildman–Crippen LogP) is -0.404. The molecule has 9 nitrogen and oxygen atoms in total. The van der Waals surface area contributed by atoms with Crippen molar-refractivity contribution < 1.29 is 22.7 Å². The predicted molar refractivity (Wildman–Crippen MR) is 105 cm³/mol. The van der Waals surface area contributed by atoms with Gasteiger partial charge in [0.1, 0.15) is 5.75 Å². The highest BCUT2D eigenvalue weighted by atomic mass is 32.2. The molecule has 0 bridgehead atoms. The van der Waals surface area contributed by atoms with Gasteiger partial charge in [0.15, 0.2) is 0 Å². The van der Waals surface area contributed by atoms with Crippen molar-refractivity contribution in [2.24, 2.45) is 0 Å². The average Bonchev–Trinajstić information content (AvgIpc) is 2.67. The number of ether oxygens (including phenoxy) is 1. The van der Waals surface area contributed by atoms with Gasteiger partial charge in [0, 0.05) is 40.3 Å². The largest absolute Gasteiger partial charge is 0.494 e. The summed E-state index contributed by atoms with van der Waals surface area (Å²) in [4.78, 5) is 27.0. The number of hydrogen-bond acceptors (Lipinski definition) is 6. The molecule has 0 atom stereocenters. The third kappa shape index (κ3) is 5.91. The number of hydrogen-bond donors (Lipinski definition) is 1. The van der Waals surface area contributed by atoms with E-state index < -0.39 is 10.0 Å². The number of nitrogens with zero attached hydrogens (tertiary/aromatic N) is 3. The first-order valence-electron chi connectivity index (χ1n) is 9.16. The number of nitrogens with one attached hydrogen (secondary N) is 1. The lowest BCUT2D eigenvalue weighted by atomic mass is 10.3. The first-order valence-corrected chi connectivity index (χ1v) is 10.6. The summed E-state index contributed by atoms with van der Waals surface area (Å²) in [5.74, 6) is 0.197. The van der Waals surface area contributed by atoms with Crippen LogP contribution in [0.1, 0.15) is 6.92 Å². The number of benzene rings is 1. The second-order valence-corrected chi connectivity index (χ2v) is 8.59. The van der Waals surface area contributed by atoms with E-state index in [1.165, 1.54) is 9.21 Å². The summed E-state index contributed by atoms with van der Waals surface area (Å²) in [6, 6.07) is 6.38. The Morgan fingerprint density at radius 2 is 1.71 bits per heavy atom. The zero-order valence-corrected chi connectivity index (χ0v) is 17.4. The monoisotopic (exact) mass is 412 g/mol. The molecule has 0 spiro atoms. The van der Waals surface area contributed by atoms with Crippen molar-refractivity contribution in [2.75, 3.05) is 60.0 Å². The smallest absolute Gasteiger partial charge is 0.243 e. The molecule has 10 heteroatoms. The molecule has 0 unspecified atom stereocenters. The standard InChI is InChI=1S/C18H28N4O5S/c1-4-27-15-5-7-16(8-6-15)28(25,26)22-11-9-21(10-12-22)14-17(23)19-13-18(24)20(2)3/h5-8H,4,9-14H2,1-3H3,(H,19,23). The van der Waals surface area contributed by atoms with Crippen molar-refractivity contribution in [1.29, 1.82) is 0 Å². The molecule has 1 heterocycles. The molecule has 2 amide bonds. The topological polar surface area (TPSA) is 99.3 Å². The van der Waals surface area contributed by atoms with Crippen molar-refractivity contribution in [2.45, 2.75) is 11.8 Å². The lowest BCUT2D eigenvalue weighted by molar-refractivity contribution is -0.131. The number of amides is 2. The second-order valence-electron chi connectivity index (χ2n) is 6.65. The Morgan fingerprint density at radius 3 is 2.25 bits per heavy atom. The van der Waals surface area contributed by atoms with Gasteiger partial charge in [-0.1, -0.05) is 0 Å². The summed E-state index contributed by atoms with van der Waals surface area (Å²) in [5.41, 5.74) is 0. The fourth-order valence-electron chi connectivity index (χ4n) is 2.74. The Hall–Kier alpha value is -2.17. The van der Waals surface area contributed by atoms with E-state index in [4.69, 9.17) is 4.74 Å². The number of likely N-dealkylation sites (N-methyl/N-ethyl adjacent to an activating group) is 1. The minimum atomic E-state index is -3.58. The minimum Gasteiger partial charge on any atom is -0.494 e. The highest BCUT2D eigenvalue weighted by Crippen LogP contribution is 2.20. The van der Waals surface area contributed by atoms with Gasteiger partial charge in [-0.25, -0.2) is 8.42 Å². The molecule has 0 radical (unpaired) electrons. The fraction of sp³-hybridized carbons (Fsp3) is 0.556. The first kappa shape index (κ1) is 22.1. The van der Waals surface area contributed by atoms with Gasteiger partial charge in [-0.2, -0.15) is 4.31 Å². The van der Waals surface area contributed by atoms with Gasteiger partial charge >= 0.3 is 0 Å². The zero-order valence-electron chi connectivity index (χ0n) is 16.6. The van der Waals surface area contributed by atoms with Crippen LogP contribution in [0.4, 0.5) is 0 Å². The SMILES string of the molecule is CCOc1ccc(S(=O)(=O)N2CCN(CC(=O)NCC(=O)N(C)C)CC2)cc1. The molecular formula is C18H28N4O5S. The summed E-state index contributed by atoms with van der Waals surface area (Å²) >= 11 is 0. The van der Waals surface area contributed by atoms with Crippen LogP contribution in [0.2, 0.25) is 0 Å². The molecule has 0 aliphatic carbocycles. The van der Waals surface area contributed by atoms with Crippen LogP contribution in [0.5, 0.6) is 5.75 Å². The molecule has 0 saturated carbocycles. The Bertz CT molecular complexity index is 772. The van der Waals surface area contributed by atoms with Crippen LogP contribution in [-0.2, 0) is 19.6 Å². The van der Waals surface area contributed by atoms with Gasteiger partial charge in [0.05, 0.1) is 24.6 Å². The van der Waals surface area contributed by atoms with Gasteiger partial charge < -0.3 is 15.0 Å². The summed E-state index contributed by atoms with van der Waals surface area (Å²) < 4.78 is 32.3. The van der Waals surface area contributed by atoms with Crippen LogP contribution in [0.3, 0.4) is 0 Å². The Balaban J connectivity index is 1.85. The zero-order chi connectivity index (χ0) is 20.7. The van der Waals surface area contributed by atoms with E-state index in [1.54, 1.807) is 38.4 Å². The number of piperazine rings is 1. The van der Waals surface area contributed by atoms with Crippen molar-refractivity contribution >= 4 is 21.8 Å². The molecule has 1 aliphatic heterocycles. The summed E-state index contributed by atoms with van der Waals surface area (Å²) in [5, 5.41) is 2.58. The van der Waals surface area contributed by atoms with Crippen LogP contribution in [0.25, 0.3) is 0 Å². The Labute approximate surface area is 166 Å². The molecule has 1 saturated heterocycles. The van der Waals surface area contributed by atoms with Gasteiger partial charge in [-0.05, 0) is 31.2 Å². The third-order valence-corrected chi connectivity index (χ3v) is 6.32. The molecule has 1 fully saturated rings. The van der Waals surface area contributed by atoms with E-state index in [0.29, 0.717) is 38.5 Å². The van der Waals surface area contributed by atoms with Crippen LogP contribution >= 0.6 is 0 Å². The molecule has 1 aromatic rings. The van der Waals surface area contributed by atoms with E-state index in [-0.39, 0.29) is 29.8 Å². The van der Waals surface area contributed by atoms with E-state index >= 15 is 0 Å². The number of carbonyl (C=O) groups excluding carboxylic acids is 2. The number of sulfonamides is 1. The summed E-state index contributed by atoms with van der Waals surface area (Å²) in [6.45, 7) is 3.99. The minimum absolute atomic E-state index is 0.0437. The molecule has 1 N–H and O–H groups in total. The van der Waals surface area contributed by atoms with E-state index in [2.05, 4.69) is 5.32 Å². The molecule has 0 aromatic heterocycles. The van der Waals surface area contributed by atoms with Crippen molar-refractivity contribution in [3.63, 3.8) is 0 Å². The Morgan fingerprint density at radius 1 is 1.11 bits per heavy atom. The van der Waals surface area contributed by atoms with Crippen LogP contribution in [0.15, 0.2) is 29.2 Å². The molecule has 156 valence electrons. The summed E-state index contributed by atoms with van der Waals surface area (Å²) in [7, 11) is -0.329. The highest BCUT2D eigenvalue weighted by molar-refractivity contribution is 7.89. The normalized spacial score (nSPS) is 15.8.